The molecule has 1 unspecified atom stereocenters. The molecule has 4 heteroatoms. The number of nitrogens with one attached hydrogen (secondary N) is 1. The Hall–Kier alpha value is -1.09. The SMILES string of the molecule is CCC(NCc1ccc(C)nc1)c1ccc(Cl)cc1Cl. The van der Waals surface area contributed by atoms with E-state index in [0.29, 0.717) is 10.0 Å². The van der Waals surface area contributed by atoms with Crippen LogP contribution in [0.5, 0.6) is 0 Å². The highest BCUT2D eigenvalue weighted by atomic mass is 35.5. The lowest BCUT2D eigenvalue weighted by molar-refractivity contribution is 0.518. The maximum atomic E-state index is 6.27. The quantitative estimate of drug-likeness (QED) is 0.846. The van der Waals surface area contributed by atoms with Crippen LogP contribution in [-0.4, -0.2) is 4.98 Å². The van der Waals surface area contributed by atoms with Gasteiger partial charge in [-0.1, -0.05) is 42.3 Å². The van der Waals surface area contributed by atoms with Gasteiger partial charge in [0.25, 0.3) is 0 Å². The lowest BCUT2D eigenvalue weighted by Crippen LogP contribution is -2.20. The zero-order chi connectivity index (χ0) is 14.5. The Morgan fingerprint density at radius 1 is 1.20 bits per heavy atom. The molecule has 1 N–H and O–H groups in total. The van der Waals surface area contributed by atoms with Crippen molar-refractivity contribution in [3.8, 4) is 0 Å². The van der Waals surface area contributed by atoms with Crippen molar-refractivity contribution in [2.24, 2.45) is 0 Å². The lowest BCUT2D eigenvalue weighted by atomic mass is 10.0. The van der Waals surface area contributed by atoms with E-state index < -0.39 is 0 Å². The first-order chi connectivity index (χ1) is 9.60. The van der Waals surface area contributed by atoms with E-state index in [1.807, 2.05) is 31.3 Å². The number of halogens is 2. The standard InChI is InChI=1S/C16H18Cl2N2/c1-3-16(14-7-6-13(17)8-15(14)18)20-10-12-5-4-11(2)19-9-12/h4-9,16,20H,3,10H2,1-2H3. The Labute approximate surface area is 130 Å². The van der Waals surface area contributed by atoms with Crippen LogP contribution in [0.2, 0.25) is 10.0 Å². The average molecular weight is 309 g/mol. The molecule has 0 saturated heterocycles. The van der Waals surface area contributed by atoms with Crippen molar-refractivity contribution < 1.29 is 0 Å². The van der Waals surface area contributed by atoms with Gasteiger partial charge in [0.2, 0.25) is 0 Å². The molecule has 0 spiro atoms. The molecule has 20 heavy (non-hydrogen) atoms. The molecule has 0 saturated carbocycles. The predicted octanol–water partition coefficient (Wildman–Crippen LogP) is 4.94. The minimum absolute atomic E-state index is 0.209. The zero-order valence-electron chi connectivity index (χ0n) is 11.7. The van der Waals surface area contributed by atoms with Gasteiger partial charge in [0.1, 0.15) is 0 Å². The van der Waals surface area contributed by atoms with Crippen LogP contribution in [0.25, 0.3) is 0 Å². The first-order valence-corrected chi connectivity index (χ1v) is 7.45. The Morgan fingerprint density at radius 3 is 2.60 bits per heavy atom. The highest BCUT2D eigenvalue weighted by Crippen LogP contribution is 2.28. The molecule has 0 fully saturated rings. The van der Waals surface area contributed by atoms with Crippen molar-refractivity contribution in [3.05, 3.63) is 63.4 Å². The molecule has 2 nitrogen and oxygen atoms in total. The van der Waals surface area contributed by atoms with E-state index in [0.717, 1.165) is 24.2 Å². The second kappa shape index (κ2) is 7.07. The molecule has 0 aliphatic heterocycles. The van der Waals surface area contributed by atoms with Crippen molar-refractivity contribution in [2.45, 2.75) is 32.9 Å². The minimum atomic E-state index is 0.209. The molecular formula is C16H18Cl2N2. The van der Waals surface area contributed by atoms with Gasteiger partial charge in [-0.05, 0) is 42.7 Å². The van der Waals surface area contributed by atoms with Gasteiger partial charge in [-0.2, -0.15) is 0 Å². The van der Waals surface area contributed by atoms with E-state index in [1.54, 1.807) is 6.07 Å². The summed E-state index contributed by atoms with van der Waals surface area (Å²) in [5.74, 6) is 0. The maximum absolute atomic E-state index is 6.27. The molecule has 1 atom stereocenters. The fraction of sp³-hybridized carbons (Fsp3) is 0.312. The lowest BCUT2D eigenvalue weighted by Gasteiger charge is -2.19. The van der Waals surface area contributed by atoms with Gasteiger partial charge in [0.15, 0.2) is 0 Å². The molecule has 1 heterocycles. The number of nitrogens with zero attached hydrogens (tertiary/aromatic N) is 1. The minimum Gasteiger partial charge on any atom is -0.306 e. The van der Waals surface area contributed by atoms with Crippen LogP contribution in [0.15, 0.2) is 36.5 Å². The molecule has 0 amide bonds. The Morgan fingerprint density at radius 2 is 2.00 bits per heavy atom. The van der Waals surface area contributed by atoms with Gasteiger partial charge in [-0.15, -0.1) is 0 Å². The van der Waals surface area contributed by atoms with E-state index in [-0.39, 0.29) is 6.04 Å². The van der Waals surface area contributed by atoms with Crippen LogP contribution in [0.4, 0.5) is 0 Å². The van der Waals surface area contributed by atoms with Crippen LogP contribution in [0.1, 0.15) is 36.2 Å². The summed E-state index contributed by atoms with van der Waals surface area (Å²) in [5.41, 5.74) is 3.28. The van der Waals surface area contributed by atoms with Crippen LogP contribution in [-0.2, 0) is 6.54 Å². The van der Waals surface area contributed by atoms with Gasteiger partial charge in [0.05, 0.1) is 0 Å². The van der Waals surface area contributed by atoms with E-state index in [9.17, 15) is 0 Å². The number of hydrogen-bond donors (Lipinski definition) is 1. The van der Waals surface area contributed by atoms with E-state index in [4.69, 9.17) is 23.2 Å². The molecular weight excluding hydrogens is 291 g/mol. The number of pyridine rings is 1. The highest BCUT2D eigenvalue weighted by Gasteiger charge is 2.12. The van der Waals surface area contributed by atoms with Crippen molar-refractivity contribution >= 4 is 23.2 Å². The smallest absolute Gasteiger partial charge is 0.0468 e. The molecule has 0 aliphatic carbocycles. The molecule has 1 aromatic carbocycles. The average Bonchev–Trinajstić information content (AvgIpc) is 2.43. The van der Waals surface area contributed by atoms with Crippen LogP contribution < -0.4 is 5.32 Å². The maximum Gasteiger partial charge on any atom is 0.0468 e. The molecule has 0 radical (unpaired) electrons. The van der Waals surface area contributed by atoms with Gasteiger partial charge in [-0.25, -0.2) is 0 Å². The van der Waals surface area contributed by atoms with Crippen LogP contribution in [0.3, 0.4) is 0 Å². The predicted molar refractivity (Wildman–Crippen MR) is 85.3 cm³/mol. The largest absolute Gasteiger partial charge is 0.306 e. The molecule has 2 rings (SSSR count). The summed E-state index contributed by atoms with van der Waals surface area (Å²) in [6.07, 6.45) is 2.86. The molecule has 2 aromatic rings. The molecule has 0 bridgehead atoms. The van der Waals surface area contributed by atoms with Crippen molar-refractivity contribution in [3.63, 3.8) is 0 Å². The monoisotopic (exact) mass is 308 g/mol. The summed E-state index contributed by atoms with van der Waals surface area (Å²) in [6.45, 7) is 4.89. The van der Waals surface area contributed by atoms with Gasteiger partial charge >= 0.3 is 0 Å². The van der Waals surface area contributed by atoms with E-state index in [1.165, 1.54) is 5.56 Å². The normalized spacial score (nSPS) is 12.4. The molecule has 0 aliphatic rings. The highest BCUT2D eigenvalue weighted by molar-refractivity contribution is 6.35. The van der Waals surface area contributed by atoms with Gasteiger partial charge < -0.3 is 5.32 Å². The fourth-order valence-corrected chi connectivity index (χ4v) is 2.64. The van der Waals surface area contributed by atoms with Crippen LogP contribution in [0, 0.1) is 6.92 Å². The van der Waals surface area contributed by atoms with Crippen LogP contribution >= 0.6 is 23.2 Å². The first kappa shape index (κ1) is 15.3. The molecule has 1 aromatic heterocycles. The number of aromatic nitrogens is 1. The fourth-order valence-electron chi connectivity index (χ4n) is 2.10. The van der Waals surface area contributed by atoms with Crippen molar-refractivity contribution in [1.82, 2.24) is 10.3 Å². The summed E-state index contributed by atoms with van der Waals surface area (Å²) in [7, 11) is 0. The zero-order valence-corrected chi connectivity index (χ0v) is 13.2. The van der Waals surface area contributed by atoms with E-state index >= 15 is 0 Å². The number of aryl methyl sites for hydroxylation is 1. The number of benzene rings is 1. The van der Waals surface area contributed by atoms with Gasteiger partial charge in [-0.3, -0.25) is 4.98 Å². The summed E-state index contributed by atoms with van der Waals surface area (Å²) >= 11 is 12.2. The summed E-state index contributed by atoms with van der Waals surface area (Å²) in [5, 5.41) is 4.88. The van der Waals surface area contributed by atoms with E-state index in [2.05, 4.69) is 23.3 Å². The summed E-state index contributed by atoms with van der Waals surface area (Å²) in [6, 6.07) is 9.97. The first-order valence-electron chi connectivity index (χ1n) is 6.70. The van der Waals surface area contributed by atoms with Crippen molar-refractivity contribution in [2.75, 3.05) is 0 Å². The second-order valence-corrected chi connectivity index (χ2v) is 5.66. The third kappa shape index (κ3) is 3.95. The number of hydrogen-bond acceptors (Lipinski definition) is 2. The Bertz CT molecular complexity index is 567. The number of rotatable bonds is 5. The van der Waals surface area contributed by atoms with Crippen molar-refractivity contribution in [1.29, 1.82) is 0 Å². The molecule has 106 valence electrons. The topological polar surface area (TPSA) is 24.9 Å². The Balaban J connectivity index is 2.07. The Kier molecular flexibility index (Phi) is 5.41. The summed E-state index contributed by atoms with van der Waals surface area (Å²) in [4.78, 5) is 4.30. The third-order valence-corrected chi connectivity index (χ3v) is 3.83. The second-order valence-electron chi connectivity index (χ2n) is 4.82. The summed E-state index contributed by atoms with van der Waals surface area (Å²) < 4.78 is 0. The van der Waals surface area contributed by atoms with Gasteiger partial charge in [0, 0.05) is 34.5 Å². The third-order valence-electron chi connectivity index (χ3n) is 3.27.